The number of hydrogen-bond donors (Lipinski definition) is 0. The summed E-state index contributed by atoms with van der Waals surface area (Å²) in [5.74, 6) is -0.749. The fourth-order valence-corrected chi connectivity index (χ4v) is 1.43. The van der Waals surface area contributed by atoms with Gasteiger partial charge in [-0.05, 0) is 25.5 Å². The predicted molar refractivity (Wildman–Crippen MR) is 60.0 cm³/mol. The van der Waals surface area contributed by atoms with Gasteiger partial charge in [0, 0.05) is 6.20 Å². The maximum Gasteiger partial charge on any atom is 0.364 e. The van der Waals surface area contributed by atoms with Crippen molar-refractivity contribution in [2.24, 2.45) is 0 Å². The van der Waals surface area contributed by atoms with Crippen molar-refractivity contribution in [3.8, 4) is 0 Å². The average Bonchev–Trinajstić information content (AvgIpc) is 2.30. The molecule has 0 atom stereocenters. The lowest BCUT2D eigenvalue weighted by atomic mass is 10.3. The first-order valence-electron chi connectivity index (χ1n) is 5.16. The highest BCUT2D eigenvalue weighted by Crippen LogP contribution is 2.00. The molecule has 2 heterocycles. The van der Waals surface area contributed by atoms with Gasteiger partial charge in [-0.3, -0.25) is 9.20 Å². The quantitative estimate of drug-likeness (QED) is 0.709. The van der Waals surface area contributed by atoms with Crippen molar-refractivity contribution in [2.75, 3.05) is 6.61 Å². The molecular formula is C11H11N3O3. The highest BCUT2D eigenvalue weighted by Gasteiger charge is 2.16. The number of carbonyl (C=O) groups excluding carboxylic acids is 1. The van der Waals surface area contributed by atoms with Crippen LogP contribution in [0.5, 0.6) is 0 Å². The van der Waals surface area contributed by atoms with Crippen LogP contribution in [0.4, 0.5) is 0 Å². The van der Waals surface area contributed by atoms with Gasteiger partial charge in [0.05, 0.1) is 6.61 Å². The molecule has 0 N–H and O–H groups in total. The summed E-state index contributed by atoms with van der Waals surface area (Å²) in [6.45, 7) is 3.70. The standard InChI is InChI=1S/C11H11N3O3/c1-3-17-11(16)9-10(15)14-6-7(2)4-5-8(14)12-13-9/h4-6H,3H2,1-2H3. The van der Waals surface area contributed by atoms with Crippen LogP contribution in [0.1, 0.15) is 23.0 Å². The highest BCUT2D eigenvalue weighted by molar-refractivity contribution is 5.86. The van der Waals surface area contributed by atoms with Gasteiger partial charge in [0.2, 0.25) is 5.69 Å². The molecule has 0 aliphatic rings. The van der Waals surface area contributed by atoms with Gasteiger partial charge in [-0.1, -0.05) is 6.07 Å². The summed E-state index contributed by atoms with van der Waals surface area (Å²) in [5, 5.41) is 7.40. The molecule has 0 radical (unpaired) electrons. The lowest BCUT2D eigenvalue weighted by molar-refractivity contribution is 0.0515. The molecule has 88 valence electrons. The van der Waals surface area contributed by atoms with Crippen LogP contribution in [-0.2, 0) is 4.74 Å². The van der Waals surface area contributed by atoms with Crippen molar-refractivity contribution in [1.82, 2.24) is 14.6 Å². The fraction of sp³-hybridized carbons (Fsp3) is 0.273. The van der Waals surface area contributed by atoms with Crippen molar-refractivity contribution < 1.29 is 9.53 Å². The number of aryl methyl sites for hydroxylation is 1. The van der Waals surface area contributed by atoms with E-state index in [0.29, 0.717) is 5.65 Å². The largest absolute Gasteiger partial charge is 0.461 e. The SMILES string of the molecule is CCOC(=O)c1nnc2ccc(C)cn2c1=O. The minimum Gasteiger partial charge on any atom is -0.461 e. The summed E-state index contributed by atoms with van der Waals surface area (Å²) in [6, 6.07) is 3.48. The first-order chi connectivity index (χ1) is 8.13. The second kappa shape index (κ2) is 4.32. The van der Waals surface area contributed by atoms with Crippen LogP contribution in [0.3, 0.4) is 0 Å². The van der Waals surface area contributed by atoms with Gasteiger partial charge in [-0.25, -0.2) is 4.79 Å². The van der Waals surface area contributed by atoms with Crippen molar-refractivity contribution in [3.05, 3.63) is 39.9 Å². The molecule has 0 amide bonds. The Kier molecular flexibility index (Phi) is 2.86. The third kappa shape index (κ3) is 2.01. The van der Waals surface area contributed by atoms with E-state index in [1.807, 2.05) is 13.0 Å². The summed E-state index contributed by atoms with van der Waals surface area (Å²) in [4.78, 5) is 23.4. The van der Waals surface area contributed by atoms with Gasteiger partial charge in [0.1, 0.15) is 0 Å². The van der Waals surface area contributed by atoms with E-state index >= 15 is 0 Å². The number of ether oxygens (including phenoxy) is 1. The fourth-order valence-electron chi connectivity index (χ4n) is 1.43. The zero-order valence-electron chi connectivity index (χ0n) is 9.51. The number of fused-ring (bicyclic) bond motifs is 1. The molecule has 0 aliphatic heterocycles. The molecule has 0 unspecified atom stereocenters. The Hall–Kier alpha value is -2.24. The van der Waals surface area contributed by atoms with Gasteiger partial charge in [0.15, 0.2) is 5.65 Å². The number of carbonyl (C=O) groups is 1. The Balaban J connectivity index is 2.65. The molecule has 0 spiro atoms. The summed E-state index contributed by atoms with van der Waals surface area (Å²) >= 11 is 0. The summed E-state index contributed by atoms with van der Waals surface area (Å²) in [6.07, 6.45) is 1.61. The molecular weight excluding hydrogens is 222 g/mol. The molecule has 2 aromatic rings. The van der Waals surface area contributed by atoms with Crippen LogP contribution < -0.4 is 5.56 Å². The van der Waals surface area contributed by atoms with Crippen LogP contribution in [0, 0.1) is 6.92 Å². The second-order valence-corrected chi connectivity index (χ2v) is 3.51. The third-order valence-corrected chi connectivity index (χ3v) is 2.22. The zero-order chi connectivity index (χ0) is 12.4. The van der Waals surface area contributed by atoms with E-state index in [2.05, 4.69) is 10.2 Å². The average molecular weight is 233 g/mol. The van der Waals surface area contributed by atoms with Gasteiger partial charge in [0.25, 0.3) is 5.56 Å². The van der Waals surface area contributed by atoms with Crippen LogP contribution in [0.15, 0.2) is 23.1 Å². The van der Waals surface area contributed by atoms with Gasteiger partial charge in [-0.2, -0.15) is 0 Å². The predicted octanol–water partition coefficient (Wildman–Crippen LogP) is 0.575. The molecule has 6 heteroatoms. The Morgan fingerprint density at radius 2 is 2.18 bits per heavy atom. The highest BCUT2D eigenvalue weighted by atomic mass is 16.5. The van der Waals surface area contributed by atoms with Gasteiger partial charge < -0.3 is 4.74 Å². The maximum atomic E-state index is 12.0. The van der Waals surface area contributed by atoms with E-state index in [9.17, 15) is 9.59 Å². The number of aromatic nitrogens is 3. The first-order valence-corrected chi connectivity index (χ1v) is 5.16. The lowest BCUT2D eigenvalue weighted by Gasteiger charge is -2.03. The topological polar surface area (TPSA) is 73.6 Å². The molecule has 2 rings (SSSR count). The van der Waals surface area contributed by atoms with E-state index in [-0.39, 0.29) is 12.3 Å². The van der Waals surface area contributed by atoms with E-state index in [1.165, 1.54) is 4.40 Å². The van der Waals surface area contributed by atoms with Gasteiger partial charge >= 0.3 is 5.97 Å². The monoisotopic (exact) mass is 233 g/mol. The van der Waals surface area contributed by atoms with Crippen molar-refractivity contribution >= 4 is 11.6 Å². The number of hydrogen-bond acceptors (Lipinski definition) is 5. The van der Waals surface area contributed by atoms with Crippen LogP contribution in [-0.4, -0.2) is 27.2 Å². The molecule has 2 aromatic heterocycles. The zero-order valence-corrected chi connectivity index (χ0v) is 9.51. The minimum atomic E-state index is -0.749. The molecule has 0 aliphatic carbocycles. The number of esters is 1. The van der Waals surface area contributed by atoms with Crippen LogP contribution in [0.25, 0.3) is 5.65 Å². The van der Waals surface area contributed by atoms with Crippen molar-refractivity contribution in [1.29, 1.82) is 0 Å². The minimum absolute atomic E-state index is 0.191. The Morgan fingerprint density at radius 1 is 1.41 bits per heavy atom. The first kappa shape index (κ1) is 11.3. The Bertz CT molecular complexity index is 633. The van der Waals surface area contributed by atoms with Crippen LogP contribution in [0.2, 0.25) is 0 Å². The third-order valence-electron chi connectivity index (χ3n) is 2.22. The van der Waals surface area contributed by atoms with E-state index in [0.717, 1.165) is 5.56 Å². The van der Waals surface area contributed by atoms with E-state index < -0.39 is 11.5 Å². The molecule has 6 nitrogen and oxygen atoms in total. The van der Waals surface area contributed by atoms with E-state index in [1.54, 1.807) is 19.2 Å². The molecule has 0 bridgehead atoms. The van der Waals surface area contributed by atoms with Crippen LogP contribution >= 0.6 is 0 Å². The molecule has 0 saturated carbocycles. The summed E-state index contributed by atoms with van der Waals surface area (Å²) in [7, 11) is 0. The number of rotatable bonds is 2. The normalized spacial score (nSPS) is 10.5. The summed E-state index contributed by atoms with van der Waals surface area (Å²) in [5.41, 5.74) is 0.475. The van der Waals surface area contributed by atoms with Gasteiger partial charge in [-0.15, -0.1) is 10.2 Å². The number of nitrogens with zero attached hydrogens (tertiary/aromatic N) is 3. The Morgan fingerprint density at radius 3 is 2.88 bits per heavy atom. The molecule has 17 heavy (non-hydrogen) atoms. The second-order valence-electron chi connectivity index (χ2n) is 3.51. The molecule has 0 saturated heterocycles. The van der Waals surface area contributed by atoms with Crippen molar-refractivity contribution in [3.63, 3.8) is 0 Å². The Labute approximate surface area is 96.9 Å². The maximum absolute atomic E-state index is 12.0. The summed E-state index contributed by atoms with van der Waals surface area (Å²) < 4.78 is 6.02. The smallest absolute Gasteiger partial charge is 0.364 e. The number of pyridine rings is 1. The molecule has 0 fully saturated rings. The van der Waals surface area contributed by atoms with Crippen molar-refractivity contribution in [2.45, 2.75) is 13.8 Å². The molecule has 0 aromatic carbocycles. The lowest BCUT2D eigenvalue weighted by Crippen LogP contribution is -2.26. The van der Waals surface area contributed by atoms with E-state index in [4.69, 9.17) is 4.74 Å².